The summed E-state index contributed by atoms with van der Waals surface area (Å²) < 4.78 is 41.6. The number of para-hydroxylation sites is 2. The number of fused-ring (bicyclic) bond motifs is 1. The van der Waals surface area contributed by atoms with Crippen molar-refractivity contribution in [2.24, 2.45) is 5.92 Å². The number of carbonyl (C=O) groups excluding carboxylic acids is 1. The zero-order valence-corrected chi connectivity index (χ0v) is 17.2. The van der Waals surface area contributed by atoms with E-state index in [0.29, 0.717) is 17.0 Å². The maximum absolute atomic E-state index is 12.5. The van der Waals surface area contributed by atoms with Crippen LogP contribution >= 0.6 is 11.3 Å². The smallest absolute Gasteiger partial charge is 0.422 e. The van der Waals surface area contributed by atoms with Gasteiger partial charge in [-0.15, -0.1) is 0 Å². The summed E-state index contributed by atoms with van der Waals surface area (Å²) in [5, 5.41) is 2.87. The Balaban J connectivity index is 1.31. The molecular weight excluding hydrogens is 417 g/mol. The lowest BCUT2D eigenvalue weighted by atomic mass is 10.2. The Morgan fingerprint density at radius 3 is 2.87 bits per heavy atom. The number of nitrogens with one attached hydrogen (secondary N) is 2. The van der Waals surface area contributed by atoms with Crippen molar-refractivity contribution in [2.75, 3.05) is 6.61 Å². The summed E-state index contributed by atoms with van der Waals surface area (Å²) in [5.74, 6) is 1.28. The largest absolute Gasteiger partial charge is 0.460 e. The van der Waals surface area contributed by atoms with Crippen LogP contribution in [0.1, 0.15) is 48.1 Å². The fourth-order valence-corrected chi connectivity index (χ4v) is 4.47. The van der Waals surface area contributed by atoms with Crippen molar-refractivity contribution in [3.05, 3.63) is 40.7 Å². The molecular formula is C20H21F3N4O2S. The average molecular weight is 438 g/mol. The summed E-state index contributed by atoms with van der Waals surface area (Å²) in [7, 11) is 0. The third kappa shape index (κ3) is 4.75. The zero-order chi connectivity index (χ0) is 21.5. The molecule has 4 rings (SSSR count). The van der Waals surface area contributed by atoms with Gasteiger partial charge in [0.1, 0.15) is 5.82 Å². The molecule has 0 aliphatic heterocycles. The lowest BCUT2D eigenvalue weighted by Gasteiger charge is -2.12. The van der Waals surface area contributed by atoms with E-state index in [1.165, 1.54) is 0 Å². The summed E-state index contributed by atoms with van der Waals surface area (Å²) in [6, 6.07) is 7.45. The van der Waals surface area contributed by atoms with Gasteiger partial charge in [0.15, 0.2) is 6.61 Å². The van der Waals surface area contributed by atoms with Crippen molar-refractivity contribution >= 4 is 28.3 Å². The molecule has 2 aromatic heterocycles. The van der Waals surface area contributed by atoms with Crippen LogP contribution in [0.2, 0.25) is 0 Å². The lowest BCUT2D eigenvalue weighted by molar-refractivity contribution is -0.153. The highest BCUT2D eigenvalue weighted by atomic mass is 32.1. The minimum absolute atomic E-state index is 0.0481. The summed E-state index contributed by atoms with van der Waals surface area (Å²) in [4.78, 5) is 25.1. The molecule has 0 bridgehead atoms. The number of benzene rings is 1. The molecule has 0 saturated heterocycles. The summed E-state index contributed by atoms with van der Waals surface area (Å²) in [6.45, 7) is 2.09. The number of H-pyrrole nitrogens is 1. The Kier molecular flexibility index (Phi) is 5.44. The molecule has 30 heavy (non-hydrogen) atoms. The molecule has 3 atom stereocenters. The van der Waals surface area contributed by atoms with Gasteiger partial charge in [-0.25, -0.2) is 9.97 Å². The highest BCUT2D eigenvalue weighted by molar-refractivity contribution is 7.13. The fraction of sp³-hybridized carbons (Fsp3) is 0.450. The van der Waals surface area contributed by atoms with Crippen LogP contribution in [0.5, 0.6) is 5.19 Å². The van der Waals surface area contributed by atoms with Crippen LogP contribution in [0.4, 0.5) is 13.2 Å². The van der Waals surface area contributed by atoms with Crippen molar-refractivity contribution in [1.82, 2.24) is 20.3 Å². The van der Waals surface area contributed by atoms with Gasteiger partial charge >= 0.3 is 6.18 Å². The zero-order valence-electron chi connectivity index (χ0n) is 16.4. The quantitative estimate of drug-likeness (QED) is 0.563. The number of rotatable bonds is 7. The maximum atomic E-state index is 12.5. The number of amides is 1. The van der Waals surface area contributed by atoms with Crippen LogP contribution in [0.25, 0.3) is 11.0 Å². The van der Waals surface area contributed by atoms with Gasteiger partial charge in [0.25, 0.3) is 5.19 Å². The molecule has 1 fully saturated rings. The van der Waals surface area contributed by atoms with Gasteiger partial charge in [0.2, 0.25) is 5.91 Å². The Morgan fingerprint density at radius 2 is 2.13 bits per heavy atom. The topological polar surface area (TPSA) is 79.9 Å². The van der Waals surface area contributed by atoms with E-state index in [1.54, 1.807) is 13.8 Å². The number of thiazole rings is 1. The van der Waals surface area contributed by atoms with E-state index in [0.717, 1.165) is 34.6 Å². The van der Waals surface area contributed by atoms with E-state index in [-0.39, 0.29) is 29.0 Å². The molecule has 0 radical (unpaired) electrons. The van der Waals surface area contributed by atoms with E-state index in [4.69, 9.17) is 4.74 Å². The van der Waals surface area contributed by atoms with Crippen LogP contribution in [-0.2, 0) is 4.79 Å². The number of nitrogens with zero attached hydrogens (tertiary/aromatic N) is 2. The minimum atomic E-state index is -4.42. The second-order valence-corrected chi connectivity index (χ2v) is 8.56. The number of aromatic nitrogens is 3. The van der Waals surface area contributed by atoms with Crippen molar-refractivity contribution < 1.29 is 22.7 Å². The Morgan fingerprint density at radius 1 is 1.37 bits per heavy atom. The molecule has 2 heterocycles. The first-order valence-corrected chi connectivity index (χ1v) is 10.4. The van der Waals surface area contributed by atoms with Crippen LogP contribution in [0.15, 0.2) is 24.3 Å². The Labute approximate surface area is 174 Å². The predicted octanol–water partition coefficient (Wildman–Crippen LogP) is 4.64. The number of hydrogen-bond acceptors (Lipinski definition) is 5. The van der Waals surface area contributed by atoms with Crippen LogP contribution in [0, 0.1) is 12.8 Å². The van der Waals surface area contributed by atoms with E-state index in [1.807, 2.05) is 24.3 Å². The van der Waals surface area contributed by atoms with Gasteiger partial charge in [-0.05, 0) is 38.3 Å². The molecule has 0 unspecified atom stereocenters. The highest BCUT2D eigenvalue weighted by Crippen LogP contribution is 2.48. The van der Waals surface area contributed by atoms with Gasteiger partial charge < -0.3 is 15.0 Å². The van der Waals surface area contributed by atoms with Gasteiger partial charge in [-0.1, -0.05) is 23.5 Å². The number of aromatic amines is 1. The standard InChI is InChI=1S/C20H21F3N4O2S/c1-10(17-11(2)25-19(30-17)29-9-20(21,22)23)24-16(28)8-12-7-13(12)18-26-14-5-3-4-6-15(14)27-18/h3-6,10,12-13H,7-9H2,1-2H3,(H,24,28)(H,26,27)/t10-,12+,13+/m1/s1. The van der Waals surface area contributed by atoms with Gasteiger partial charge in [0.05, 0.1) is 27.6 Å². The number of hydrogen-bond donors (Lipinski definition) is 2. The highest BCUT2D eigenvalue weighted by Gasteiger charge is 2.42. The molecule has 1 amide bonds. The molecule has 0 spiro atoms. The second-order valence-electron chi connectivity index (χ2n) is 7.57. The average Bonchev–Trinajstić information content (AvgIpc) is 3.11. The molecule has 160 valence electrons. The van der Waals surface area contributed by atoms with Crippen LogP contribution in [0.3, 0.4) is 0 Å². The predicted molar refractivity (Wildman–Crippen MR) is 107 cm³/mol. The molecule has 1 aromatic carbocycles. The van der Waals surface area contributed by atoms with Crippen LogP contribution in [-0.4, -0.2) is 33.6 Å². The maximum Gasteiger partial charge on any atom is 0.422 e. The number of ether oxygens (including phenoxy) is 1. The molecule has 2 N–H and O–H groups in total. The summed E-state index contributed by atoms with van der Waals surface area (Å²) >= 11 is 1.02. The molecule has 3 aromatic rings. The normalized spacial score (nSPS) is 19.6. The van der Waals surface area contributed by atoms with Gasteiger partial charge in [-0.2, -0.15) is 13.2 Å². The van der Waals surface area contributed by atoms with E-state index in [9.17, 15) is 18.0 Å². The van der Waals surface area contributed by atoms with Crippen molar-refractivity contribution in [3.63, 3.8) is 0 Å². The van der Waals surface area contributed by atoms with Crippen molar-refractivity contribution in [1.29, 1.82) is 0 Å². The third-order valence-electron chi connectivity index (χ3n) is 5.07. The van der Waals surface area contributed by atoms with E-state index < -0.39 is 12.8 Å². The van der Waals surface area contributed by atoms with Crippen molar-refractivity contribution in [3.8, 4) is 5.19 Å². The SMILES string of the molecule is Cc1nc(OCC(F)(F)F)sc1[C@@H](C)NC(=O)C[C@@H]1C[C@@H]1c1nc2ccccc2[nH]1. The monoisotopic (exact) mass is 438 g/mol. The molecule has 10 heteroatoms. The lowest BCUT2D eigenvalue weighted by Crippen LogP contribution is -2.26. The van der Waals surface area contributed by atoms with Crippen molar-refractivity contribution in [2.45, 2.75) is 44.8 Å². The first-order chi connectivity index (χ1) is 14.2. The molecule has 1 saturated carbocycles. The minimum Gasteiger partial charge on any atom is -0.460 e. The first kappa shape index (κ1) is 20.6. The number of alkyl halides is 3. The summed E-state index contributed by atoms with van der Waals surface area (Å²) in [5.41, 5.74) is 2.46. The molecule has 1 aliphatic rings. The van der Waals surface area contributed by atoms with Gasteiger partial charge in [-0.3, -0.25) is 4.79 Å². The number of imidazole rings is 1. The first-order valence-electron chi connectivity index (χ1n) is 9.60. The van der Waals surface area contributed by atoms with E-state index >= 15 is 0 Å². The second kappa shape index (κ2) is 7.90. The Hall–Kier alpha value is -2.62. The van der Waals surface area contributed by atoms with E-state index in [2.05, 4.69) is 20.3 Å². The molecule has 6 nitrogen and oxygen atoms in total. The number of carbonyl (C=O) groups is 1. The van der Waals surface area contributed by atoms with Crippen LogP contribution < -0.4 is 10.1 Å². The van der Waals surface area contributed by atoms with Gasteiger partial charge in [0, 0.05) is 12.3 Å². The molecule has 1 aliphatic carbocycles. The Bertz CT molecular complexity index is 1030. The number of aryl methyl sites for hydroxylation is 1. The number of halogens is 3. The third-order valence-corrected chi connectivity index (χ3v) is 6.32. The fourth-order valence-electron chi connectivity index (χ4n) is 3.55. The summed E-state index contributed by atoms with van der Waals surface area (Å²) in [6.07, 6.45) is -3.14.